The van der Waals surface area contributed by atoms with Crippen LogP contribution >= 0.6 is 11.3 Å². The van der Waals surface area contributed by atoms with E-state index in [1.165, 1.54) is 17.0 Å². The molecular weight excluding hydrogens is 555 g/mol. The smallest absolute Gasteiger partial charge is 0.406 e. The summed E-state index contributed by atoms with van der Waals surface area (Å²) in [6.45, 7) is 6.29. The first-order valence-electron chi connectivity index (χ1n) is 13.3. The van der Waals surface area contributed by atoms with E-state index in [-0.39, 0.29) is 23.5 Å². The lowest BCUT2D eigenvalue weighted by Gasteiger charge is -2.32. The molecule has 1 saturated carbocycles. The Kier molecular flexibility index (Phi) is 7.28. The molecule has 1 fully saturated rings. The van der Waals surface area contributed by atoms with Crippen molar-refractivity contribution in [2.45, 2.75) is 58.6 Å². The fourth-order valence-electron chi connectivity index (χ4n) is 5.44. The molecule has 3 heterocycles. The van der Waals surface area contributed by atoms with Crippen molar-refractivity contribution >= 4 is 17.2 Å². The maximum atomic E-state index is 13.0. The molecule has 0 saturated heterocycles. The summed E-state index contributed by atoms with van der Waals surface area (Å²) in [5, 5.41) is 6.90. The van der Waals surface area contributed by atoms with E-state index in [1.54, 1.807) is 30.4 Å². The third-order valence-corrected chi connectivity index (χ3v) is 8.54. The van der Waals surface area contributed by atoms with E-state index < -0.39 is 6.36 Å². The van der Waals surface area contributed by atoms with Gasteiger partial charge in [-0.2, -0.15) is 4.98 Å². The highest BCUT2D eigenvalue weighted by Crippen LogP contribution is 2.47. The van der Waals surface area contributed by atoms with Gasteiger partial charge in [0.05, 0.1) is 23.0 Å². The van der Waals surface area contributed by atoms with E-state index in [9.17, 15) is 18.0 Å². The quantitative estimate of drug-likeness (QED) is 0.285. The Morgan fingerprint density at radius 3 is 2.80 bits per heavy atom. The van der Waals surface area contributed by atoms with Gasteiger partial charge in [0.25, 0.3) is 0 Å². The van der Waals surface area contributed by atoms with Gasteiger partial charge < -0.3 is 14.6 Å². The van der Waals surface area contributed by atoms with Crippen molar-refractivity contribution in [2.75, 3.05) is 6.54 Å². The van der Waals surface area contributed by atoms with Gasteiger partial charge in [0, 0.05) is 31.1 Å². The summed E-state index contributed by atoms with van der Waals surface area (Å²) in [6, 6.07) is 9.96. The van der Waals surface area contributed by atoms with Crippen LogP contribution in [0.15, 0.2) is 46.4 Å². The summed E-state index contributed by atoms with van der Waals surface area (Å²) in [5.74, 6) is 0.465. The van der Waals surface area contributed by atoms with Gasteiger partial charge in [-0.25, -0.2) is 4.98 Å². The number of ether oxygens (including phenoxy) is 1. The van der Waals surface area contributed by atoms with Gasteiger partial charge in [-0.3, -0.25) is 9.69 Å². The van der Waals surface area contributed by atoms with Crippen molar-refractivity contribution in [3.05, 3.63) is 80.9 Å². The number of hydrogen-bond donors (Lipinski definition) is 1. The van der Waals surface area contributed by atoms with Gasteiger partial charge in [0.2, 0.25) is 11.8 Å². The van der Waals surface area contributed by atoms with Gasteiger partial charge in [0.1, 0.15) is 5.75 Å². The molecule has 2 aliphatic rings. The zero-order chi connectivity index (χ0) is 28.7. The molecule has 1 amide bonds. The van der Waals surface area contributed by atoms with E-state index in [0.29, 0.717) is 36.8 Å². The second-order valence-electron chi connectivity index (χ2n) is 10.5. The molecule has 41 heavy (non-hydrogen) atoms. The van der Waals surface area contributed by atoms with Crippen LogP contribution in [0.2, 0.25) is 0 Å². The Hall–Kier alpha value is -3.77. The van der Waals surface area contributed by atoms with Crippen LogP contribution < -0.4 is 10.1 Å². The fourth-order valence-corrected chi connectivity index (χ4v) is 6.26. The molecule has 214 valence electrons. The molecule has 1 aliphatic carbocycles. The summed E-state index contributed by atoms with van der Waals surface area (Å²) in [4.78, 5) is 25.1. The van der Waals surface area contributed by atoms with Crippen molar-refractivity contribution in [3.63, 3.8) is 0 Å². The SMILES string of the molecule is Cc1noc([C@@H]2CC2C(=O)NCc2ccc(-c3cccc(OC(F)(F)F)c3)c3c2CN(Cc2scnc2C)CC3)n1. The van der Waals surface area contributed by atoms with E-state index in [1.807, 2.05) is 24.6 Å². The van der Waals surface area contributed by atoms with Crippen molar-refractivity contribution in [3.8, 4) is 16.9 Å². The molecule has 2 aromatic heterocycles. The molecule has 1 N–H and O–H groups in total. The normalized spacial score (nSPS) is 18.7. The summed E-state index contributed by atoms with van der Waals surface area (Å²) < 4.78 is 48.1. The van der Waals surface area contributed by atoms with E-state index in [0.717, 1.165) is 47.5 Å². The first-order chi connectivity index (χ1) is 19.6. The monoisotopic (exact) mass is 583 g/mol. The average Bonchev–Trinajstić information content (AvgIpc) is 3.46. The highest BCUT2D eigenvalue weighted by atomic mass is 32.1. The zero-order valence-corrected chi connectivity index (χ0v) is 23.3. The van der Waals surface area contributed by atoms with Crippen LogP contribution in [-0.2, 0) is 30.8 Å². The zero-order valence-electron chi connectivity index (χ0n) is 22.5. The molecule has 1 unspecified atom stereocenters. The topological polar surface area (TPSA) is 93.4 Å². The van der Waals surface area contributed by atoms with E-state index >= 15 is 0 Å². The standard InChI is InChI=1S/C29H28F3N5O3S/c1-16-26(41-15-34-16)14-37-9-8-22-21(18-4-3-5-20(10-18)39-29(30,31)32)7-6-19(25(22)13-37)12-33-27(38)23-11-24(23)28-35-17(2)36-40-28/h3-7,10,15,23-24H,8-9,11-14H2,1-2H3,(H,33,38)/t23?,24-/m1/s1. The number of hydrogen-bond acceptors (Lipinski definition) is 8. The number of aryl methyl sites for hydroxylation is 2. The van der Waals surface area contributed by atoms with Gasteiger partial charge in [-0.15, -0.1) is 24.5 Å². The summed E-state index contributed by atoms with van der Waals surface area (Å²) >= 11 is 1.63. The number of nitrogens with zero attached hydrogens (tertiary/aromatic N) is 4. The Labute approximate surface area is 238 Å². The molecule has 2 aromatic carbocycles. The number of amides is 1. The number of aromatic nitrogens is 3. The van der Waals surface area contributed by atoms with Crippen LogP contribution in [0.25, 0.3) is 11.1 Å². The Morgan fingerprint density at radius 2 is 2.07 bits per heavy atom. The number of fused-ring (bicyclic) bond motifs is 1. The summed E-state index contributed by atoms with van der Waals surface area (Å²) in [7, 11) is 0. The Bertz CT molecular complexity index is 1580. The number of nitrogens with one attached hydrogen (secondary N) is 1. The van der Waals surface area contributed by atoms with Crippen LogP contribution in [0, 0.1) is 19.8 Å². The lowest BCUT2D eigenvalue weighted by atomic mass is 9.87. The predicted octanol–water partition coefficient (Wildman–Crippen LogP) is 5.69. The number of thiazole rings is 1. The minimum Gasteiger partial charge on any atom is -0.406 e. The highest BCUT2D eigenvalue weighted by Gasteiger charge is 2.47. The molecule has 8 nitrogen and oxygen atoms in total. The number of alkyl halides is 3. The first kappa shape index (κ1) is 27.4. The van der Waals surface area contributed by atoms with Crippen molar-refractivity contribution in [1.82, 2.24) is 25.3 Å². The molecular formula is C29H28F3N5O3S. The Balaban J connectivity index is 1.25. The maximum Gasteiger partial charge on any atom is 0.573 e. The fraction of sp³-hybridized carbons (Fsp3) is 0.379. The van der Waals surface area contributed by atoms with Crippen molar-refractivity contribution < 1.29 is 27.2 Å². The third-order valence-electron chi connectivity index (χ3n) is 7.62. The lowest BCUT2D eigenvalue weighted by molar-refractivity contribution is -0.274. The van der Waals surface area contributed by atoms with Crippen LogP contribution in [0.4, 0.5) is 13.2 Å². The first-order valence-corrected chi connectivity index (χ1v) is 14.2. The van der Waals surface area contributed by atoms with Crippen LogP contribution in [0.5, 0.6) is 5.75 Å². The molecule has 12 heteroatoms. The molecule has 0 bridgehead atoms. The van der Waals surface area contributed by atoms with Crippen LogP contribution in [-0.4, -0.2) is 38.8 Å². The van der Waals surface area contributed by atoms with E-state index in [4.69, 9.17) is 4.52 Å². The van der Waals surface area contributed by atoms with Gasteiger partial charge in [-0.05, 0) is 66.6 Å². The molecule has 0 spiro atoms. The largest absolute Gasteiger partial charge is 0.573 e. The maximum absolute atomic E-state index is 13.0. The summed E-state index contributed by atoms with van der Waals surface area (Å²) in [6.07, 6.45) is -3.38. The lowest BCUT2D eigenvalue weighted by Crippen LogP contribution is -2.32. The number of rotatable bonds is 8. The van der Waals surface area contributed by atoms with Gasteiger partial charge in [0.15, 0.2) is 5.82 Å². The molecule has 2 atom stereocenters. The van der Waals surface area contributed by atoms with Crippen molar-refractivity contribution in [2.24, 2.45) is 5.92 Å². The molecule has 1 aliphatic heterocycles. The number of carbonyl (C=O) groups is 1. The average molecular weight is 584 g/mol. The number of carbonyl (C=O) groups excluding carboxylic acids is 1. The van der Waals surface area contributed by atoms with E-state index in [2.05, 4.69) is 30.1 Å². The van der Waals surface area contributed by atoms with Crippen LogP contribution in [0.1, 0.15) is 51.3 Å². The number of benzene rings is 2. The van der Waals surface area contributed by atoms with Gasteiger partial charge >= 0.3 is 6.36 Å². The molecule has 0 radical (unpaired) electrons. The minimum absolute atomic E-state index is 0.0585. The van der Waals surface area contributed by atoms with Crippen LogP contribution in [0.3, 0.4) is 0 Å². The second-order valence-corrected chi connectivity index (χ2v) is 11.4. The molecule has 6 rings (SSSR count). The molecule has 4 aromatic rings. The predicted molar refractivity (Wildman–Crippen MR) is 145 cm³/mol. The Morgan fingerprint density at radius 1 is 1.22 bits per heavy atom. The highest BCUT2D eigenvalue weighted by molar-refractivity contribution is 7.09. The minimum atomic E-state index is -4.77. The van der Waals surface area contributed by atoms with Crippen molar-refractivity contribution in [1.29, 1.82) is 0 Å². The number of halogens is 3. The second kappa shape index (κ2) is 10.9. The summed E-state index contributed by atoms with van der Waals surface area (Å²) in [5.41, 5.74) is 7.52. The third kappa shape index (κ3) is 6.13. The van der Waals surface area contributed by atoms with Gasteiger partial charge in [-0.1, -0.05) is 29.4 Å².